The number of rotatable bonds is 5. The molecule has 36 heavy (non-hydrogen) atoms. The van der Waals surface area contributed by atoms with Crippen molar-refractivity contribution in [3.05, 3.63) is 83.6 Å². The zero-order valence-electron chi connectivity index (χ0n) is 20.0. The van der Waals surface area contributed by atoms with E-state index >= 15 is 0 Å². The van der Waals surface area contributed by atoms with E-state index < -0.39 is 0 Å². The minimum absolute atomic E-state index is 0.0146. The summed E-state index contributed by atoms with van der Waals surface area (Å²) in [4.78, 5) is 29.6. The van der Waals surface area contributed by atoms with Crippen LogP contribution in [-0.4, -0.2) is 53.1 Å². The fourth-order valence-electron chi connectivity index (χ4n) is 5.01. The van der Waals surface area contributed by atoms with Crippen molar-refractivity contribution in [3.8, 4) is 6.07 Å². The van der Waals surface area contributed by atoms with E-state index in [4.69, 9.17) is 5.26 Å². The normalized spacial score (nSPS) is 18.0. The van der Waals surface area contributed by atoms with Crippen LogP contribution < -0.4 is 10.2 Å². The summed E-state index contributed by atoms with van der Waals surface area (Å²) in [6.07, 6.45) is 4.23. The molecule has 182 valence electrons. The fourth-order valence-corrected chi connectivity index (χ4v) is 5.01. The molecule has 0 saturated carbocycles. The maximum absolute atomic E-state index is 12.8. The Morgan fingerprint density at radius 2 is 1.69 bits per heavy atom. The molecule has 1 aromatic heterocycles. The van der Waals surface area contributed by atoms with Gasteiger partial charge in [0.2, 0.25) is 5.91 Å². The summed E-state index contributed by atoms with van der Waals surface area (Å²) < 4.78 is 0. The zero-order chi connectivity index (χ0) is 24.9. The number of piperidine rings is 1. The molecule has 3 aromatic rings. The zero-order valence-corrected chi connectivity index (χ0v) is 20.0. The van der Waals surface area contributed by atoms with Gasteiger partial charge >= 0.3 is 0 Å². The molecule has 0 spiro atoms. The van der Waals surface area contributed by atoms with E-state index in [-0.39, 0.29) is 17.7 Å². The molecule has 1 atom stereocenters. The average Bonchev–Trinajstić information content (AvgIpc) is 3.45. The standard InChI is InChI=1S/C28H28N6O2/c29-18-20-3-5-23(6-4-20)28(36)33-15-11-22(12-16-33)21-7-9-25(10-8-21)31-27(35)24-13-17-34(19-24)26-2-1-14-30-32-26/h1-10,14,22,24H,11-13,15-17,19H2,(H,31,35)/t24-/m0/s1. The smallest absolute Gasteiger partial charge is 0.253 e. The van der Waals surface area contributed by atoms with Gasteiger partial charge in [0.15, 0.2) is 5.82 Å². The molecule has 2 aliphatic heterocycles. The lowest BCUT2D eigenvalue weighted by Gasteiger charge is -2.32. The first-order chi connectivity index (χ1) is 17.6. The maximum atomic E-state index is 12.8. The highest BCUT2D eigenvalue weighted by molar-refractivity contribution is 5.94. The molecule has 2 fully saturated rings. The van der Waals surface area contributed by atoms with Gasteiger partial charge in [-0.2, -0.15) is 10.4 Å². The molecule has 0 unspecified atom stereocenters. The maximum Gasteiger partial charge on any atom is 0.253 e. The number of hydrogen-bond acceptors (Lipinski definition) is 6. The first kappa shape index (κ1) is 23.5. The summed E-state index contributed by atoms with van der Waals surface area (Å²) in [5.74, 6) is 1.16. The number of carbonyl (C=O) groups excluding carboxylic acids is 2. The quantitative estimate of drug-likeness (QED) is 0.595. The van der Waals surface area contributed by atoms with Gasteiger partial charge in [-0.15, -0.1) is 5.10 Å². The molecule has 8 heteroatoms. The van der Waals surface area contributed by atoms with Crippen molar-refractivity contribution in [2.24, 2.45) is 5.92 Å². The number of nitrogens with zero attached hydrogens (tertiary/aromatic N) is 5. The second-order valence-electron chi connectivity index (χ2n) is 9.38. The Balaban J connectivity index is 1.11. The molecule has 5 rings (SSSR count). The van der Waals surface area contributed by atoms with Crippen LogP contribution in [0.2, 0.25) is 0 Å². The van der Waals surface area contributed by atoms with E-state index in [2.05, 4.69) is 38.6 Å². The SMILES string of the molecule is N#Cc1ccc(C(=O)N2CCC(c3ccc(NC(=O)[C@H]4CCN(c5cccnn5)C4)cc3)CC2)cc1. The molecule has 2 aromatic carbocycles. The summed E-state index contributed by atoms with van der Waals surface area (Å²) in [7, 11) is 0. The van der Waals surface area contributed by atoms with E-state index in [1.165, 1.54) is 5.56 Å². The number of nitriles is 1. The molecular formula is C28H28N6O2. The van der Waals surface area contributed by atoms with Crippen LogP contribution in [0.15, 0.2) is 66.9 Å². The molecule has 0 aliphatic carbocycles. The first-order valence-corrected chi connectivity index (χ1v) is 12.3. The number of likely N-dealkylation sites (tertiary alicyclic amines) is 1. The Hall–Kier alpha value is -4.25. The van der Waals surface area contributed by atoms with Crippen LogP contribution in [0.3, 0.4) is 0 Å². The lowest BCUT2D eigenvalue weighted by molar-refractivity contribution is -0.119. The molecule has 2 amide bonds. The Labute approximate surface area is 210 Å². The predicted molar refractivity (Wildman–Crippen MR) is 136 cm³/mol. The number of amides is 2. The fraction of sp³-hybridized carbons (Fsp3) is 0.321. The molecular weight excluding hydrogens is 452 g/mol. The predicted octanol–water partition coefficient (Wildman–Crippen LogP) is 3.83. The van der Waals surface area contributed by atoms with Gasteiger partial charge in [-0.25, -0.2) is 0 Å². The second-order valence-corrected chi connectivity index (χ2v) is 9.38. The van der Waals surface area contributed by atoms with E-state index in [9.17, 15) is 9.59 Å². The minimum atomic E-state index is -0.0790. The molecule has 2 saturated heterocycles. The van der Waals surface area contributed by atoms with Gasteiger partial charge in [-0.05, 0) is 79.3 Å². The molecule has 1 N–H and O–H groups in total. The number of anilines is 2. The van der Waals surface area contributed by atoms with Gasteiger partial charge in [-0.3, -0.25) is 9.59 Å². The topological polar surface area (TPSA) is 102 Å². The van der Waals surface area contributed by atoms with Crippen molar-refractivity contribution in [3.63, 3.8) is 0 Å². The van der Waals surface area contributed by atoms with Gasteiger partial charge in [0.1, 0.15) is 0 Å². The number of aromatic nitrogens is 2. The third kappa shape index (κ3) is 5.20. The van der Waals surface area contributed by atoms with Crippen LogP contribution in [-0.2, 0) is 4.79 Å². The van der Waals surface area contributed by atoms with Gasteiger partial charge in [0, 0.05) is 43.6 Å². The number of carbonyl (C=O) groups is 2. The summed E-state index contributed by atoms with van der Waals surface area (Å²) in [6.45, 7) is 2.84. The third-order valence-electron chi connectivity index (χ3n) is 7.13. The number of benzene rings is 2. The number of hydrogen-bond donors (Lipinski definition) is 1. The average molecular weight is 481 g/mol. The Bertz CT molecular complexity index is 1250. The first-order valence-electron chi connectivity index (χ1n) is 12.3. The molecule has 8 nitrogen and oxygen atoms in total. The van der Waals surface area contributed by atoms with E-state index in [1.54, 1.807) is 30.5 Å². The lowest BCUT2D eigenvalue weighted by atomic mass is 9.89. The van der Waals surface area contributed by atoms with Crippen LogP contribution in [0.1, 0.15) is 46.7 Å². The van der Waals surface area contributed by atoms with Crippen LogP contribution in [0.5, 0.6) is 0 Å². The van der Waals surface area contributed by atoms with E-state index in [1.807, 2.05) is 29.2 Å². The van der Waals surface area contributed by atoms with Crippen LogP contribution in [0.25, 0.3) is 0 Å². The van der Waals surface area contributed by atoms with Gasteiger partial charge in [-0.1, -0.05) is 12.1 Å². The highest BCUT2D eigenvalue weighted by Gasteiger charge is 2.29. The second kappa shape index (κ2) is 10.6. The molecule has 3 heterocycles. The third-order valence-corrected chi connectivity index (χ3v) is 7.13. The van der Waals surface area contributed by atoms with Crippen molar-refractivity contribution in [1.82, 2.24) is 15.1 Å². The largest absolute Gasteiger partial charge is 0.354 e. The van der Waals surface area contributed by atoms with Crippen molar-refractivity contribution in [1.29, 1.82) is 5.26 Å². The molecule has 0 radical (unpaired) electrons. The lowest BCUT2D eigenvalue weighted by Crippen LogP contribution is -2.37. The van der Waals surface area contributed by atoms with Crippen molar-refractivity contribution >= 4 is 23.3 Å². The van der Waals surface area contributed by atoms with Crippen LogP contribution in [0.4, 0.5) is 11.5 Å². The van der Waals surface area contributed by atoms with Crippen molar-refractivity contribution in [2.45, 2.75) is 25.2 Å². The highest BCUT2D eigenvalue weighted by Crippen LogP contribution is 2.30. The Morgan fingerprint density at radius 3 is 2.36 bits per heavy atom. The van der Waals surface area contributed by atoms with Crippen molar-refractivity contribution < 1.29 is 9.59 Å². The molecule has 0 bridgehead atoms. The van der Waals surface area contributed by atoms with E-state index in [0.717, 1.165) is 37.3 Å². The highest BCUT2D eigenvalue weighted by atomic mass is 16.2. The number of nitrogens with one attached hydrogen (secondary N) is 1. The van der Waals surface area contributed by atoms with Crippen LogP contribution in [0, 0.1) is 17.2 Å². The molecule has 2 aliphatic rings. The van der Waals surface area contributed by atoms with E-state index in [0.29, 0.717) is 36.7 Å². The summed E-state index contributed by atoms with van der Waals surface area (Å²) in [6, 6.07) is 20.8. The summed E-state index contributed by atoms with van der Waals surface area (Å²) in [5.41, 5.74) is 3.20. The van der Waals surface area contributed by atoms with Crippen LogP contribution >= 0.6 is 0 Å². The van der Waals surface area contributed by atoms with Gasteiger partial charge in [0.05, 0.1) is 17.6 Å². The summed E-state index contributed by atoms with van der Waals surface area (Å²) >= 11 is 0. The monoisotopic (exact) mass is 480 g/mol. The Morgan fingerprint density at radius 1 is 0.944 bits per heavy atom. The van der Waals surface area contributed by atoms with Gasteiger partial charge in [0.25, 0.3) is 5.91 Å². The van der Waals surface area contributed by atoms with Crippen molar-refractivity contribution in [2.75, 3.05) is 36.4 Å². The minimum Gasteiger partial charge on any atom is -0.354 e. The summed E-state index contributed by atoms with van der Waals surface area (Å²) in [5, 5.41) is 20.1. The van der Waals surface area contributed by atoms with Gasteiger partial charge < -0.3 is 15.1 Å². The Kier molecular flexibility index (Phi) is 6.89.